The molecule has 4 rings (SSSR count). The minimum Gasteiger partial charge on any atom is -0.504 e. The number of anilines is 1. The summed E-state index contributed by atoms with van der Waals surface area (Å²) in [6.45, 7) is 8.38. The van der Waals surface area contributed by atoms with Crippen LogP contribution in [0.25, 0.3) is 16.3 Å². The Morgan fingerprint density at radius 1 is 1.30 bits per heavy atom. The Labute approximate surface area is 160 Å². The van der Waals surface area contributed by atoms with Crippen molar-refractivity contribution in [2.75, 3.05) is 25.5 Å². The van der Waals surface area contributed by atoms with Crippen LogP contribution in [0.5, 0.6) is 5.75 Å². The Morgan fingerprint density at radius 2 is 2.07 bits per heavy atom. The number of nitrogens with zero attached hydrogens (tertiary/aromatic N) is 3. The highest BCUT2D eigenvalue weighted by Gasteiger charge is 2.21. The van der Waals surface area contributed by atoms with Crippen molar-refractivity contribution in [1.82, 2.24) is 9.88 Å². The summed E-state index contributed by atoms with van der Waals surface area (Å²) in [6.07, 6.45) is 6.72. The highest BCUT2D eigenvalue weighted by Crippen LogP contribution is 2.35. The summed E-state index contributed by atoms with van der Waals surface area (Å²) in [4.78, 5) is 11.1. The third kappa shape index (κ3) is 3.60. The van der Waals surface area contributed by atoms with Crippen molar-refractivity contribution < 1.29 is 5.11 Å². The lowest BCUT2D eigenvalue weighted by molar-refractivity contribution is 0.239. The number of rotatable bonds is 4. The number of fused-ring (bicyclic) bond motifs is 1. The van der Waals surface area contributed by atoms with Gasteiger partial charge in [0.15, 0.2) is 11.6 Å². The van der Waals surface area contributed by atoms with E-state index in [1.165, 1.54) is 5.57 Å². The molecule has 0 radical (unpaired) electrons. The van der Waals surface area contributed by atoms with Gasteiger partial charge in [-0.25, -0.2) is 4.98 Å². The molecule has 0 saturated carbocycles. The molecule has 0 atom stereocenters. The first-order valence-electron chi connectivity index (χ1n) is 9.50. The standard InChI is InChI=1S/C22H26N4O/c1-14-10-19(13-23-14)17-4-5-18-12-24-22(21(27)20(18)11-17)25-15(2)16-6-8-26(3)9-7-16/h4-5,11-13,16,27H,2,6-10H2,1,3H3,(H,24,25). The van der Waals surface area contributed by atoms with Crippen molar-refractivity contribution in [2.24, 2.45) is 10.9 Å². The van der Waals surface area contributed by atoms with Gasteiger partial charge >= 0.3 is 0 Å². The number of aliphatic imine (C=N–C) groups is 1. The SMILES string of the molecule is C=C(Nc1ncc2ccc(C3=CN=C(C)C3)cc2c1O)C1CCN(C)CC1. The number of piperidine rings is 1. The molecule has 5 heteroatoms. The van der Waals surface area contributed by atoms with E-state index >= 15 is 0 Å². The van der Waals surface area contributed by atoms with E-state index in [0.29, 0.717) is 11.7 Å². The summed E-state index contributed by atoms with van der Waals surface area (Å²) in [6, 6.07) is 6.09. The van der Waals surface area contributed by atoms with Gasteiger partial charge < -0.3 is 15.3 Å². The number of benzene rings is 1. The van der Waals surface area contributed by atoms with E-state index < -0.39 is 0 Å². The van der Waals surface area contributed by atoms with E-state index in [2.05, 4.69) is 39.9 Å². The zero-order valence-electron chi connectivity index (χ0n) is 16.0. The van der Waals surface area contributed by atoms with Crippen molar-refractivity contribution >= 4 is 27.9 Å². The van der Waals surface area contributed by atoms with Crippen molar-refractivity contribution in [1.29, 1.82) is 0 Å². The Kier molecular flexibility index (Phi) is 4.70. The first-order valence-corrected chi connectivity index (χ1v) is 9.50. The van der Waals surface area contributed by atoms with Gasteiger partial charge in [-0.05, 0) is 57.1 Å². The fourth-order valence-corrected chi connectivity index (χ4v) is 3.83. The minimum absolute atomic E-state index is 0.180. The highest BCUT2D eigenvalue weighted by molar-refractivity contribution is 5.99. The van der Waals surface area contributed by atoms with Crippen LogP contribution in [0, 0.1) is 5.92 Å². The minimum atomic E-state index is 0.180. The number of hydrogen-bond donors (Lipinski definition) is 2. The molecule has 0 bridgehead atoms. The number of allylic oxidation sites excluding steroid dienone is 2. The van der Waals surface area contributed by atoms with Gasteiger partial charge in [0.2, 0.25) is 0 Å². The lowest BCUT2D eigenvalue weighted by atomic mass is 9.94. The maximum Gasteiger partial charge on any atom is 0.173 e. The Hall–Kier alpha value is -2.66. The molecule has 140 valence electrons. The fourth-order valence-electron chi connectivity index (χ4n) is 3.83. The van der Waals surface area contributed by atoms with Gasteiger partial charge in [-0.15, -0.1) is 0 Å². The lowest BCUT2D eigenvalue weighted by Gasteiger charge is -2.30. The van der Waals surface area contributed by atoms with Gasteiger partial charge in [0.05, 0.1) is 0 Å². The van der Waals surface area contributed by atoms with Gasteiger partial charge in [-0.1, -0.05) is 18.7 Å². The van der Waals surface area contributed by atoms with Crippen LogP contribution in [-0.4, -0.2) is 40.8 Å². The molecular formula is C22H26N4O. The van der Waals surface area contributed by atoms with Gasteiger partial charge in [-0.3, -0.25) is 4.99 Å². The van der Waals surface area contributed by atoms with Crippen LogP contribution < -0.4 is 5.32 Å². The van der Waals surface area contributed by atoms with Gasteiger partial charge in [0, 0.05) is 46.9 Å². The molecule has 2 N–H and O–H groups in total. The molecule has 1 aromatic heterocycles. The van der Waals surface area contributed by atoms with E-state index in [9.17, 15) is 5.11 Å². The van der Waals surface area contributed by atoms with Crippen LogP contribution in [0.1, 0.15) is 31.7 Å². The molecule has 2 aliphatic rings. The van der Waals surface area contributed by atoms with Gasteiger partial charge in [0.25, 0.3) is 0 Å². The van der Waals surface area contributed by atoms with E-state index in [4.69, 9.17) is 0 Å². The van der Waals surface area contributed by atoms with Crippen molar-refractivity contribution in [3.8, 4) is 5.75 Å². The molecule has 2 aliphatic heterocycles. The first-order chi connectivity index (χ1) is 13.0. The molecule has 0 unspecified atom stereocenters. The summed E-state index contributed by atoms with van der Waals surface area (Å²) in [7, 11) is 2.15. The number of hydrogen-bond acceptors (Lipinski definition) is 5. The van der Waals surface area contributed by atoms with E-state index in [-0.39, 0.29) is 5.75 Å². The quantitative estimate of drug-likeness (QED) is 0.845. The summed E-state index contributed by atoms with van der Waals surface area (Å²) in [5.41, 5.74) is 4.31. The number of aromatic nitrogens is 1. The largest absolute Gasteiger partial charge is 0.504 e. The van der Waals surface area contributed by atoms with Crippen LogP contribution in [0.2, 0.25) is 0 Å². The Balaban J connectivity index is 1.58. The molecular weight excluding hydrogens is 336 g/mol. The molecule has 1 saturated heterocycles. The number of pyridine rings is 1. The number of likely N-dealkylation sites (tertiary alicyclic amines) is 1. The highest BCUT2D eigenvalue weighted by atomic mass is 16.3. The number of nitrogens with one attached hydrogen (secondary N) is 1. The summed E-state index contributed by atoms with van der Waals surface area (Å²) >= 11 is 0. The second-order valence-electron chi connectivity index (χ2n) is 7.68. The zero-order chi connectivity index (χ0) is 19.0. The average molecular weight is 362 g/mol. The molecule has 1 aromatic carbocycles. The maximum absolute atomic E-state index is 10.8. The molecule has 0 amide bonds. The Morgan fingerprint density at radius 3 is 2.78 bits per heavy atom. The first kappa shape index (κ1) is 17.7. The molecule has 5 nitrogen and oxygen atoms in total. The third-order valence-electron chi connectivity index (χ3n) is 5.61. The summed E-state index contributed by atoms with van der Waals surface area (Å²) < 4.78 is 0. The number of aromatic hydroxyl groups is 1. The fraction of sp³-hybridized carbons (Fsp3) is 0.364. The van der Waals surface area contributed by atoms with E-state index in [0.717, 1.165) is 60.1 Å². The summed E-state index contributed by atoms with van der Waals surface area (Å²) in [5, 5.41) is 15.8. The molecule has 0 spiro atoms. The maximum atomic E-state index is 10.8. The van der Waals surface area contributed by atoms with Crippen LogP contribution in [0.4, 0.5) is 5.82 Å². The third-order valence-corrected chi connectivity index (χ3v) is 5.61. The van der Waals surface area contributed by atoms with Crippen molar-refractivity contribution in [3.63, 3.8) is 0 Å². The molecule has 27 heavy (non-hydrogen) atoms. The van der Waals surface area contributed by atoms with Crippen molar-refractivity contribution in [2.45, 2.75) is 26.2 Å². The molecule has 2 aromatic rings. The van der Waals surface area contributed by atoms with Gasteiger partial charge in [0.1, 0.15) is 0 Å². The zero-order valence-corrected chi connectivity index (χ0v) is 16.0. The topological polar surface area (TPSA) is 60.8 Å². The predicted molar refractivity (Wildman–Crippen MR) is 112 cm³/mol. The van der Waals surface area contributed by atoms with Crippen LogP contribution >= 0.6 is 0 Å². The normalized spacial score (nSPS) is 18.4. The monoisotopic (exact) mass is 362 g/mol. The average Bonchev–Trinajstić information content (AvgIpc) is 3.11. The van der Waals surface area contributed by atoms with Gasteiger partial charge in [-0.2, -0.15) is 0 Å². The lowest BCUT2D eigenvalue weighted by Crippen LogP contribution is -2.32. The van der Waals surface area contributed by atoms with Crippen LogP contribution in [0.3, 0.4) is 0 Å². The second kappa shape index (κ2) is 7.16. The smallest absolute Gasteiger partial charge is 0.173 e. The Bertz CT molecular complexity index is 952. The molecule has 1 fully saturated rings. The predicted octanol–water partition coefficient (Wildman–Crippen LogP) is 4.41. The molecule has 0 aliphatic carbocycles. The van der Waals surface area contributed by atoms with E-state index in [1.54, 1.807) is 6.20 Å². The van der Waals surface area contributed by atoms with E-state index in [1.807, 2.05) is 25.3 Å². The molecule has 3 heterocycles. The second-order valence-corrected chi connectivity index (χ2v) is 7.68. The van der Waals surface area contributed by atoms with Crippen molar-refractivity contribution in [3.05, 3.63) is 48.4 Å². The van der Waals surface area contributed by atoms with Crippen LogP contribution in [-0.2, 0) is 0 Å². The van der Waals surface area contributed by atoms with Crippen LogP contribution in [0.15, 0.2) is 47.9 Å². The summed E-state index contributed by atoms with van der Waals surface area (Å²) in [5.74, 6) is 1.07.